The van der Waals surface area contributed by atoms with Crippen molar-refractivity contribution in [2.24, 2.45) is 5.10 Å². The minimum Gasteiger partial charge on any atom is -0.481 e. The standard InChI is InChI=1S/C22H20N4O3/c1-14-6-2-3-7-15(14)18-12-20(26(25-18)21(27)10-11-22(28)29)19-13-23-16-8-4-5-9-17(16)24-19/h2-9,13,20H,10-12H2,1H3,(H,28,29)/t20-/m0/s1. The van der Waals surface area contributed by atoms with E-state index in [2.05, 4.69) is 15.1 Å². The zero-order chi connectivity index (χ0) is 20.4. The Labute approximate surface area is 167 Å². The molecule has 0 spiro atoms. The maximum absolute atomic E-state index is 12.8. The summed E-state index contributed by atoms with van der Waals surface area (Å²) >= 11 is 0. The van der Waals surface area contributed by atoms with Gasteiger partial charge in [-0.05, 0) is 24.6 Å². The summed E-state index contributed by atoms with van der Waals surface area (Å²) in [6.45, 7) is 2.00. The SMILES string of the molecule is Cc1ccccc1C1=NN(C(=O)CCC(=O)O)[C@H](c2cnc3ccccc3n2)C1. The van der Waals surface area contributed by atoms with E-state index in [1.54, 1.807) is 6.20 Å². The molecule has 1 N–H and O–H groups in total. The van der Waals surface area contributed by atoms with Crippen molar-refractivity contribution < 1.29 is 14.7 Å². The Morgan fingerprint density at radius 2 is 1.79 bits per heavy atom. The number of hydrazone groups is 1. The maximum Gasteiger partial charge on any atom is 0.303 e. The molecule has 2 heterocycles. The monoisotopic (exact) mass is 388 g/mol. The zero-order valence-corrected chi connectivity index (χ0v) is 15.9. The number of nitrogens with zero attached hydrogens (tertiary/aromatic N) is 4. The molecule has 1 aliphatic heterocycles. The first-order valence-electron chi connectivity index (χ1n) is 9.42. The molecule has 1 aromatic heterocycles. The number of benzene rings is 2. The van der Waals surface area contributed by atoms with Gasteiger partial charge in [0.25, 0.3) is 0 Å². The summed E-state index contributed by atoms with van der Waals surface area (Å²) in [6.07, 6.45) is 1.82. The first-order valence-corrected chi connectivity index (χ1v) is 9.42. The van der Waals surface area contributed by atoms with Crippen molar-refractivity contribution in [3.63, 3.8) is 0 Å². The molecule has 0 fully saturated rings. The molecule has 7 heteroatoms. The van der Waals surface area contributed by atoms with Crippen LogP contribution in [0.3, 0.4) is 0 Å². The Morgan fingerprint density at radius 3 is 2.55 bits per heavy atom. The summed E-state index contributed by atoms with van der Waals surface area (Å²) in [5, 5.41) is 14.9. The van der Waals surface area contributed by atoms with Gasteiger partial charge in [0.05, 0.1) is 35.1 Å². The van der Waals surface area contributed by atoms with E-state index in [0.717, 1.165) is 27.9 Å². The lowest BCUT2D eigenvalue weighted by molar-refractivity contribution is -0.141. The molecule has 3 aromatic rings. The number of aromatic nitrogens is 2. The van der Waals surface area contributed by atoms with Crippen LogP contribution >= 0.6 is 0 Å². The Kier molecular flexibility index (Phi) is 5.03. The van der Waals surface area contributed by atoms with Crippen LogP contribution in [0.25, 0.3) is 11.0 Å². The van der Waals surface area contributed by atoms with Crippen molar-refractivity contribution in [2.45, 2.75) is 32.2 Å². The van der Waals surface area contributed by atoms with E-state index in [9.17, 15) is 9.59 Å². The van der Waals surface area contributed by atoms with Crippen molar-refractivity contribution in [3.05, 3.63) is 71.5 Å². The predicted molar refractivity (Wildman–Crippen MR) is 108 cm³/mol. The Hall–Kier alpha value is -3.61. The minimum atomic E-state index is -1.01. The molecule has 1 aliphatic rings. The topological polar surface area (TPSA) is 95.8 Å². The van der Waals surface area contributed by atoms with E-state index < -0.39 is 12.0 Å². The van der Waals surface area contributed by atoms with Crippen LogP contribution in [0.4, 0.5) is 0 Å². The number of rotatable bonds is 5. The normalized spacial score (nSPS) is 16.1. The molecule has 146 valence electrons. The number of hydrogen-bond acceptors (Lipinski definition) is 5. The molecule has 0 bridgehead atoms. The molecular weight excluding hydrogens is 368 g/mol. The van der Waals surface area contributed by atoms with Crippen molar-refractivity contribution in [1.29, 1.82) is 0 Å². The number of aliphatic carboxylic acids is 1. The first-order chi connectivity index (χ1) is 14.0. The third kappa shape index (κ3) is 3.85. The van der Waals surface area contributed by atoms with Gasteiger partial charge in [-0.2, -0.15) is 5.10 Å². The van der Waals surface area contributed by atoms with Gasteiger partial charge in [-0.1, -0.05) is 36.4 Å². The predicted octanol–water partition coefficient (Wildman–Crippen LogP) is 3.48. The van der Waals surface area contributed by atoms with Crippen LogP contribution in [0.15, 0.2) is 59.8 Å². The fourth-order valence-electron chi connectivity index (χ4n) is 3.49. The minimum absolute atomic E-state index is 0.114. The quantitative estimate of drug-likeness (QED) is 0.722. The molecule has 1 amide bonds. The number of para-hydroxylation sites is 2. The molecule has 0 saturated carbocycles. The van der Waals surface area contributed by atoms with Crippen molar-refractivity contribution in [1.82, 2.24) is 15.0 Å². The number of carbonyl (C=O) groups excluding carboxylic acids is 1. The summed E-state index contributed by atoms with van der Waals surface area (Å²) in [5.74, 6) is -1.35. The zero-order valence-electron chi connectivity index (χ0n) is 15.9. The highest BCUT2D eigenvalue weighted by atomic mass is 16.4. The number of carboxylic acid groups (broad SMARTS) is 1. The van der Waals surface area contributed by atoms with E-state index in [4.69, 9.17) is 5.11 Å². The largest absolute Gasteiger partial charge is 0.481 e. The van der Waals surface area contributed by atoms with Crippen LogP contribution in [-0.2, 0) is 9.59 Å². The average Bonchev–Trinajstić information content (AvgIpc) is 3.17. The fraction of sp³-hybridized carbons (Fsp3) is 0.227. The number of carboxylic acids is 1. The molecule has 0 unspecified atom stereocenters. The van der Waals surface area contributed by atoms with Crippen LogP contribution in [0, 0.1) is 6.92 Å². The molecular formula is C22H20N4O3. The summed E-state index contributed by atoms with van der Waals surface area (Å²) in [4.78, 5) is 32.8. The van der Waals surface area contributed by atoms with Crippen LogP contribution in [0.1, 0.15) is 42.1 Å². The van der Waals surface area contributed by atoms with Crippen LogP contribution in [0.5, 0.6) is 0 Å². The summed E-state index contributed by atoms with van der Waals surface area (Å²) in [5.41, 5.74) is 4.98. The van der Waals surface area contributed by atoms with Gasteiger partial charge in [-0.15, -0.1) is 0 Å². The second kappa shape index (κ2) is 7.79. The Balaban J connectivity index is 1.71. The molecule has 0 radical (unpaired) electrons. The molecule has 7 nitrogen and oxygen atoms in total. The highest BCUT2D eigenvalue weighted by Crippen LogP contribution is 2.33. The molecule has 1 atom stereocenters. The average molecular weight is 388 g/mol. The summed E-state index contributed by atoms with van der Waals surface area (Å²) < 4.78 is 0. The van der Waals surface area contributed by atoms with E-state index in [1.807, 2.05) is 55.5 Å². The highest BCUT2D eigenvalue weighted by Gasteiger charge is 2.34. The van der Waals surface area contributed by atoms with E-state index in [1.165, 1.54) is 5.01 Å². The fourth-order valence-corrected chi connectivity index (χ4v) is 3.49. The second-order valence-corrected chi connectivity index (χ2v) is 7.00. The van der Waals surface area contributed by atoms with Crippen LogP contribution in [-0.4, -0.2) is 37.7 Å². The maximum atomic E-state index is 12.8. The van der Waals surface area contributed by atoms with Gasteiger partial charge in [0.1, 0.15) is 6.04 Å². The lowest BCUT2D eigenvalue weighted by Gasteiger charge is -2.21. The van der Waals surface area contributed by atoms with Gasteiger partial charge in [-0.25, -0.2) is 9.99 Å². The van der Waals surface area contributed by atoms with Crippen molar-refractivity contribution in [2.75, 3.05) is 0 Å². The highest BCUT2D eigenvalue weighted by molar-refractivity contribution is 6.04. The van der Waals surface area contributed by atoms with Gasteiger partial charge in [0, 0.05) is 18.4 Å². The molecule has 4 rings (SSSR count). The number of amides is 1. The molecule has 0 saturated heterocycles. The van der Waals surface area contributed by atoms with Gasteiger partial charge < -0.3 is 5.11 Å². The molecule has 29 heavy (non-hydrogen) atoms. The van der Waals surface area contributed by atoms with Crippen molar-refractivity contribution >= 4 is 28.6 Å². The number of carbonyl (C=O) groups is 2. The smallest absolute Gasteiger partial charge is 0.303 e. The van der Waals surface area contributed by atoms with E-state index in [0.29, 0.717) is 12.1 Å². The van der Waals surface area contributed by atoms with Gasteiger partial charge in [0.15, 0.2) is 0 Å². The lowest BCUT2D eigenvalue weighted by Crippen LogP contribution is -2.28. The Bertz CT molecular complexity index is 1130. The van der Waals surface area contributed by atoms with Crippen LogP contribution < -0.4 is 0 Å². The second-order valence-electron chi connectivity index (χ2n) is 7.00. The van der Waals surface area contributed by atoms with Gasteiger partial charge in [-0.3, -0.25) is 14.6 Å². The molecule has 0 aliphatic carbocycles. The molecule has 2 aromatic carbocycles. The van der Waals surface area contributed by atoms with Crippen LogP contribution in [0.2, 0.25) is 0 Å². The third-order valence-corrected chi connectivity index (χ3v) is 4.98. The first kappa shape index (κ1) is 18.7. The number of fused-ring (bicyclic) bond motifs is 1. The summed E-state index contributed by atoms with van der Waals surface area (Å²) in [7, 11) is 0. The van der Waals surface area contributed by atoms with Crippen molar-refractivity contribution in [3.8, 4) is 0 Å². The number of aryl methyl sites for hydroxylation is 1. The Morgan fingerprint density at radius 1 is 1.07 bits per heavy atom. The third-order valence-electron chi connectivity index (χ3n) is 4.98. The summed E-state index contributed by atoms with van der Waals surface area (Å²) in [6, 6.07) is 15.0. The van der Waals surface area contributed by atoms with E-state index >= 15 is 0 Å². The lowest BCUT2D eigenvalue weighted by atomic mass is 9.98. The number of hydrogen-bond donors (Lipinski definition) is 1. The van der Waals surface area contributed by atoms with Gasteiger partial charge in [0.2, 0.25) is 5.91 Å². The van der Waals surface area contributed by atoms with E-state index in [-0.39, 0.29) is 18.7 Å². The van der Waals surface area contributed by atoms with Gasteiger partial charge >= 0.3 is 5.97 Å².